The van der Waals surface area contributed by atoms with Gasteiger partial charge in [-0.25, -0.2) is 8.42 Å². The van der Waals surface area contributed by atoms with Crippen LogP contribution >= 0.6 is 0 Å². The van der Waals surface area contributed by atoms with Gasteiger partial charge in [-0.2, -0.15) is 4.40 Å². The fourth-order valence-electron chi connectivity index (χ4n) is 0.755. The van der Waals surface area contributed by atoms with E-state index in [2.05, 4.69) is 4.40 Å². The molecule has 0 heterocycles. The second-order valence-corrected chi connectivity index (χ2v) is 4.47. The van der Waals surface area contributed by atoms with E-state index in [4.69, 9.17) is 0 Å². The largest absolute Gasteiger partial charge is 0.252 e. The fourth-order valence-corrected chi connectivity index (χ4v) is 1.19. The lowest BCUT2D eigenvalue weighted by atomic mass is 10.2. The Morgan fingerprint density at radius 1 is 1.31 bits per heavy atom. The van der Waals surface area contributed by atoms with Crippen LogP contribution in [-0.2, 0) is 10.0 Å². The summed E-state index contributed by atoms with van der Waals surface area (Å²) in [5, 5.41) is 0. The van der Waals surface area contributed by atoms with E-state index in [0.717, 1.165) is 5.56 Å². The topological polar surface area (TPSA) is 46.5 Å². The molecule has 70 valence electrons. The predicted octanol–water partition coefficient (Wildman–Crippen LogP) is 1.46. The molecule has 13 heavy (non-hydrogen) atoms. The van der Waals surface area contributed by atoms with Crippen LogP contribution in [0.1, 0.15) is 12.5 Å². The lowest BCUT2D eigenvalue weighted by molar-refractivity contribution is 0.599. The number of sulfonamides is 1. The summed E-state index contributed by atoms with van der Waals surface area (Å²) in [5.74, 6) is 0.0380. The van der Waals surface area contributed by atoms with Crippen LogP contribution in [-0.4, -0.2) is 20.4 Å². The highest BCUT2D eigenvalue weighted by molar-refractivity contribution is 7.90. The molecular weight excluding hydrogens is 186 g/mol. The van der Waals surface area contributed by atoms with Gasteiger partial charge in [-0.1, -0.05) is 30.3 Å². The molecule has 0 aromatic heterocycles. The van der Waals surface area contributed by atoms with Crippen molar-refractivity contribution in [3.63, 3.8) is 0 Å². The smallest absolute Gasteiger partial charge is 0.205 e. The minimum absolute atomic E-state index is 0.0380. The molecule has 0 atom stereocenters. The van der Waals surface area contributed by atoms with Crippen LogP contribution in [0.15, 0.2) is 34.7 Å². The molecule has 4 heteroatoms. The average Bonchev–Trinajstić information content (AvgIpc) is 2.17. The predicted molar refractivity (Wildman–Crippen MR) is 53.5 cm³/mol. The molecule has 0 amide bonds. The molecule has 0 unspecified atom stereocenters. The van der Waals surface area contributed by atoms with Gasteiger partial charge in [0.1, 0.15) is 0 Å². The van der Waals surface area contributed by atoms with Gasteiger partial charge in [-0.15, -0.1) is 0 Å². The Labute approximate surface area is 78.2 Å². The Hall–Kier alpha value is -1.16. The van der Waals surface area contributed by atoms with Crippen LogP contribution in [0.5, 0.6) is 0 Å². The Morgan fingerprint density at radius 3 is 2.46 bits per heavy atom. The van der Waals surface area contributed by atoms with Gasteiger partial charge in [-0.05, 0) is 12.5 Å². The number of benzene rings is 1. The first-order valence-corrected chi connectivity index (χ1v) is 5.58. The van der Waals surface area contributed by atoms with Crippen molar-refractivity contribution in [1.29, 1.82) is 0 Å². The van der Waals surface area contributed by atoms with E-state index in [1.54, 1.807) is 19.1 Å². The first-order valence-electron chi connectivity index (χ1n) is 3.97. The molecule has 0 N–H and O–H groups in total. The average molecular weight is 197 g/mol. The first-order chi connectivity index (χ1) is 6.14. The highest BCUT2D eigenvalue weighted by atomic mass is 32.2. The van der Waals surface area contributed by atoms with Gasteiger partial charge >= 0.3 is 0 Å². The van der Waals surface area contributed by atoms with Gasteiger partial charge < -0.3 is 0 Å². The monoisotopic (exact) mass is 197 g/mol. The van der Waals surface area contributed by atoms with Crippen molar-refractivity contribution in [2.75, 3.05) is 5.75 Å². The van der Waals surface area contributed by atoms with Gasteiger partial charge in [0, 0.05) is 6.21 Å². The number of hydrogen-bond acceptors (Lipinski definition) is 2. The fraction of sp³-hybridized carbons (Fsp3) is 0.222. The van der Waals surface area contributed by atoms with E-state index in [1.165, 1.54) is 6.21 Å². The van der Waals surface area contributed by atoms with Gasteiger partial charge in [0.05, 0.1) is 5.75 Å². The highest BCUT2D eigenvalue weighted by Gasteiger charge is 2.00. The molecule has 0 fully saturated rings. The van der Waals surface area contributed by atoms with E-state index in [0.29, 0.717) is 0 Å². The quantitative estimate of drug-likeness (QED) is 0.688. The Balaban J connectivity index is 2.82. The normalized spacial score (nSPS) is 12.1. The molecule has 0 saturated carbocycles. The van der Waals surface area contributed by atoms with E-state index in [9.17, 15) is 8.42 Å². The maximum Gasteiger partial charge on any atom is 0.252 e. The molecule has 1 aromatic carbocycles. The Morgan fingerprint density at radius 2 is 1.92 bits per heavy atom. The Kier molecular flexibility index (Phi) is 3.19. The van der Waals surface area contributed by atoms with Crippen LogP contribution in [0.2, 0.25) is 0 Å². The zero-order chi connectivity index (χ0) is 9.73. The summed E-state index contributed by atoms with van der Waals surface area (Å²) >= 11 is 0. The summed E-state index contributed by atoms with van der Waals surface area (Å²) in [6.07, 6.45) is 1.36. The molecule has 0 aliphatic heterocycles. The second kappa shape index (κ2) is 4.18. The molecule has 0 spiro atoms. The van der Waals surface area contributed by atoms with Crippen molar-refractivity contribution >= 4 is 16.2 Å². The molecule has 0 aliphatic carbocycles. The van der Waals surface area contributed by atoms with Crippen molar-refractivity contribution in [3.8, 4) is 0 Å². The van der Waals surface area contributed by atoms with Gasteiger partial charge in [0.25, 0.3) is 10.0 Å². The van der Waals surface area contributed by atoms with E-state index < -0.39 is 10.0 Å². The van der Waals surface area contributed by atoms with E-state index in [1.807, 2.05) is 18.2 Å². The molecule has 0 aliphatic rings. The van der Waals surface area contributed by atoms with E-state index in [-0.39, 0.29) is 5.75 Å². The van der Waals surface area contributed by atoms with Crippen LogP contribution in [0.3, 0.4) is 0 Å². The maximum atomic E-state index is 11.0. The minimum Gasteiger partial charge on any atom is -0.205 e. The maximum absolute atomic E-state index is 11.0. The Bertz CT molecular complexity index is 381. The van der Waals surface area contributed by atoms with Gasteiger partial charge in [0.15, 0.2) is 0 Å². The SMILES string of the molecule is CCS(=O)(=O)N=Cc1ccccc1. The molecular formula is C9H11NO2S. The van der Waals surface area contributed by atoms with Gasteiger partial charge in [0.2, 0.25) is 0 Å². The zero-order valence-corrected chi connectivity index (χ0v) is 8.16. The molecule has 0 bridgehead atoms. The third kappa shape index (κ3) is 3.38. The number of rotatable bonds is 3. The highest BCUT2D eigenvalue weighted by Crippen LogP contribution is 1.96. The first kappa shape index (κ1) is 9.92. The summed E-state index contributed by atoms with van der Waals surface area (Å²) in [6.45, 7) is 1.57. The summed E-state index contributed by atoms with van der Waals surface area (Å²) in [5.41, 5.74) is 0.791. The van der Waals surface area contributed by atoms with Gasteiger partial charge in [-0.3, -0.25) is 0 Å². The lowest BCUT2D eigenvalue weighted by Crippen LogP contribution is -1.98. The van der Waals surface area contributed by atoms with Crippen molar-refractivity contribution in [3.05, 3.63) is 35.9 Å². The minimum atomic E-state index is -3.25. The lowest BCUT2D eigenvalue weighted by Gasteiger charge is -1.91. The molecule has 3 nitrogen and oxygen atoms in total. The molecule has 1 aromatic rings. The molecule has 0 radical (unpaired) electrons. The zero-order valence-electron chi connectivity index (χ0n) is 7.34. The molecule has 0 saturated heterocycles. The third-order valence-corrected chi connectivity index (χ3v) is 2.68. The number of nitrogens with zero attached hydrogens (tertiary/aromatic N) is 1. The van der Waals surface area contributed by atoms with Crippen molar-refractivity contribution in [1.82, 2.24) is 0 Å². The summed E-state index contributed by atoms with van der Waals surface area (Å²) in [6, 6.07) is 9.13. The number of hydrogen-bond donors (Lipinski definition) is 0. The van der Waals surface area contributed by atoms with Crippen LogP contribution in [0.4, 0.5) is 0 Å². The standard InChI is InChI=1S/C9H11NO2S/c1-2-13(11,12)10-8-9-6-4-3-5-7-9/h3-8H,2H2,1H3. The van der Waals surface area contributed by atoms with Crippen molar-refractivity contribution in [2.45, 2.75) is 6.92 Å². The van der Waals surface area contributed by atoms with Crippen LogP contribution in [0.25, 0.3) is 0 Å². The second-order valence-electron chi connectivity index (χ2n) is 2.52. The summed E-state index contributed by atoms with van der Waals surface area (Å²) < 4.78 is 25.4. The summed E-state index contributed by atoms with van der Waals surface area (Å²) in [4.78, 5) is 0. The van der Waals surface area contributed by atoms with Crippen LogP contribution < -0.4 is 0 Å². The van der Waals surface area contributed by atoms with Crippen molar-refractivity contribution in [2.24, 2.45) is 4.40 Å². The molecule has 1 rings (SSSR count). The van der Waals surface area contributed by atoms with E-state index >= 15 is 0 Å². The van der Waals surface area contributed by atoms with Crippen molar-refractivity contribution < 1.29 is 8.42 Å². The summed E-state index contributed by atoms with van der Waals surface area (Å²) in [7, 11) is -3.25. The van der Waals surface area contributed by atoms with Crippen LogP contribution in [0, 0.1) is 0 Å². The third-order valence-electron chi connectivity index (χ3n) is 1.53.